The monoisotopic (exact) mass is 263 g/mol. The van der Waals surface area contributed by atoms with E-state index in [1.807, 2.05) is 30.5 Å². The molecule has 1 aromatic carbocycles. The largest absolute Gasteiger partial charge is 0.299 e. The molecule has 0 atom stereocenters. The summed E-state index contributed by atoms with van der Waals surface area (Å²) in [6.45, 7) is 7.35. The summed E-state index contributed by atoms with van der Waals surface area (Å²) >= 11 is 5.91. The van der Waals surface area contributed by atoms with Gasteiger partial charge in [0.15, 0.2) is 0 Å². The van der Waals surface area contributed by atoms with Crippen molar-refractivity contribution in [1.29, 1.82) is 0 Å². The zero-order valence-corrected chi connectivity index (χ0v) is 11.5. The molecule has 18 heavy (non-hydrogen) atoms. The minimum Gasteiger partial charge on any atom is -0.299 e. The molecule has 2 aromatic rings. The Hall–Kier alpha value is -1.32. The van der Waals surface area contributed by atoms with Crippen molar-refractivity contribution in [3.63, 3.8) is 0 Å². The summed E-state index contributed by atoms with van der Waals surface area (Å²) < 4.78 is 0. The van der Waals surface area contributed by atoms with Crippen molar-refractivity contribution in [2.45, 2.75) is 20.4 Å². The van der Waals surface area contributed by atoms with Crippen LogP contribution in [0.5, 0.6) is 0 Å². The molecule has 0 aliphatic heterocycles. The van der Waals surface area contributed by atoms with Crippen LogP contribution in [-0.4, -0.2) is 28.2 Å². The first kappa shape index (κ1) is 13.1. The number of rotatable bonds is 5. The Bertz CT molecular complexity index is 486. The van der Waals surface area contributed by atoms with E-state index in [2.05, 4.69) is 28.9 Å². The van der Waals surface area contributed by atoms with Gasteiger partial charge in [0.05, 0.1) is 11.9 Å². The highest BCUT2D eigenvalue weighted by atomic mass is 35.5. The van der Waals surface area contributed by atoms with Crippen LogP contribution in [0, 0.1) is 0 Å². The van der Waals surface area contributed by atoms with Gasteiger partial charge >= 0.3 is 0 Å². The van der Waals surface area contributed by atoms with Crippen LogP contribution in [-0.2, 0) is 6.54 Å². The highest BCUT2D eigenvalue weighted by Crippen LogP contribution is 2.23. The van der Waals surface area contributed by atoms with Gasteiger partial charge in [0.25, 0.3) is 0 Å². The summed E-state index contributed by atoms with van der Waals surface area (Å²) in [4.78, 5) is 2.37. The van der Waals surface area contributed by atoms with Gasteiger partial charge in [-0.15, -0.1) is 0 Å². The Morgan fingerprint density at radius 2 is 1.83 bits per heavy atom. The second-order valence-electron chi connectivity index (χ2n) is 4.24. The molecule has 1 N–H and O–H groups in total. The van der Waals surface area contributed by atoms with Gasteiger partial charge in [-0.05, 0) is 30.8 Å². The van der Waals surface area contributed by atoms with E-state index in [4.69, 9.17) is 11.6 Å². The van der Waals surface area contributed by atoms with Gasteiger partial charge in [0.2, 0.25) is 0 Å². The highest BCUT2D eigenvalue weighted by Gasteiger charge is 2.10. The third kappa shape index (κ3) is 2.92. The maximum Gasteiger partial charge on any atom is 0.0695 e. The molecule has 1 aromatic heterocycles. The number of nitrogens with zero attached hydrogens (tertiary/aromatic N) is 2. The topological polar surface area (TPSA) is 31.9 Å². The molecule has 0 saturated carbocycles. The van der Waals surface area contributed by atoms with Crippen LogP contribution in [0.3, 0.4) is 0 Å². The van der Waals surface area contributed by atoms with E-state index >= 15 is 0 Å². The van der Waals surface area contributed by atoms with Gasteiger partial charge < -0.3 is 0 Å². The van der Waals surface area contributed by atoms with Gasteiger partial charge in [0, 0.05) is 17.1 Å². The maximum atomic E-state index is 5.91. The molecule has 0 spiro atoms. The molecular weight excluding hydrogens is 246 g/mol. The average molecular weight is 264 g/mol. The molecule has 0 amide bonds. The highest BCUT2D eigenvalue weighted by molar-refractivity contribution is 6.30. The zero-order chi connectivity index (χ0) is 13.0. The molecule has 0 unspecified atom stereocenters. The SMILES string of the molecule is CCN(CC)Cc1cn[nH]c1-c1ccc(Cl)cc1. The number of H-pyrrole nitrogens is 1. The van der Waals surface area contributed by atoms with E-state index in [0.717, 1.165) is 35.9 Å². The first-order chi connectivity index (χ1) is 8.74. The molecular formula is C14H18ClN3. The van der Waals surface area contributed by atoms with Gasteiger partial charge in [-0.2, -0.15) is 5.10 Å². The van der Waals surface area contributed by atoms with Crippen LogP contribution in [0.25, 0.3) is 11.3 Å². The lowest BCUT2D eigenvalue weighted by Gasteiger charge is -2.17. The fourth-order valence-corrected chi connectivity index (χ4v) is 2.11. The lowest BCUT2D eigenvalue weighted by molar-refractivity contribution is 0.296. The Kier molecular flexibility index (Phi) is 4.39. The molecule has 1 heterocycles. The summed E-state index contributed by atoms with van der Waals surface area (Å²) in [5, 5.41) is 7.99. The number of nitrogens with one attached hydrogen (secondary N) is 1. The fourth-order valence-electron chi connectivity index (χ4n) is 1.99. The number of hydrogen-bond donors (Lipinski definition) is 1. The second-order valence-corrected chi connectivity index (χ2v) is 4.67. The van der Waals surface area contributed by atoms with E-state index < -0.39 is 0 Å². The average Bonchev–Trinajstić information content (AvgIpc) is 2.85. The van der Waals surface area contributed by atoms with Gasteiger partial charge in [0.1, 0.15) is 0 Å². The normalized spacial score (nSPS) is 11.1. The van der Waals surface area contributed by atoms with Crippen molar-refractivity contribution in [3.05, 3.63) is 41.0 Å². The van der Waals surface area contributed by atoms with Crippen molar-refractivity contribution in [2.24, 2.45) is 0 Å². The van der Waals surface area contributed by atoms with Crippen LogP contribution in [0.4, 0.5) is 0 Å². The van der Waals surface area contributed by atoms with Crippen LogP contribution in [0.2, 0.25) is 5.02 Å². The molecule has 0 fully saturated rings. The van der Waals surface area contributed by atoms with Crippen LogP contribution in [0.15, 0.2) is 30.5 Å². The molecule has 0 bridgehead atoms. The minimum absolute atomic E-state index is 0.753. The van der Waals surface area contributed by atoms with Crippen molar-refractivity contribution in [2.75, 3.05) is 13.1 Å². The summed E-state index contributed by atoms with van der Waals surface area (Å²) in [5.41, 5.74) is 3.43. The number of aromatic amines is 1. The van der Waals surface area contributed by atoms with Gasteiger partial charge in [-0.25, -0.2) is 0 Å². The standard InChI is InChI=1S/C14H18ClN3/c1-3-18(4-2)10-12-9-16-17-14(12)11-5-7-13(15)8-6-11/h5-9H,3-4,10H2,1-2H3,(H,16,17). The number of hydrogen-bond acceptors (Lipinski definition) is 2. The third-order valence-electron chi connectivity index (χ3n) is 3.14. The Morgan fingerprint density at radius 3 is 2.44 bits per heavy atom. The smallest absolute Gasteiger partial charge is 0.0695 e. The number of aromatic nitrogens is 2. The lowest BCUT2D eigenvalue weighted by atomic mass is 10.1. The van der Waals surface area contributed by atoms with Crippen molar-refractivity contribution >= 4 is 11.6 Å². The quantitative estimate of drug-likeness (QED) is 0.894. The Balaban J connectivity index is 2.24. The van der Waals surface area contributed by atoms with Crippen molar-refractivity contribution in [3.8, 4) is 11.3 Å². The van der Waals surface area contributed by atoms with E-state index in [9.17, 15) is 0 Å². The zero-order valence-electron chi connectivity index (χ0n) is 10.8. The molecule has 4 heteroatoms. The molecule has 0 aliphatic carbocycles. The summed E-state index contributed by atoms with van der Waals surface area (Å²) in [7, 11) is 0. The van der Waals surface area contributed by atoms with Gasteiger partial charge in [-0.1, -0.05) is 37.6 Å². The number of benzene rings is 1. The Labute approximate surface area is 113 Å². The van der Waals surface area contributed by atoms with Crippen molar-refractivity contribution < 1.29 is 0 Å². The summed E-state index contributed by atoms with van der Waals surface area (Å²) in [6.07, 6.45) is 1.91. The lowest BCUT2D eigenvalue weighted by Crippen LogP contribution is -2.22. The molecule has 0 radical (unpaired) electrons. The van der Waals surface area contributed by atoms with E-state index in [1.165, 1.54) is 5.56 Å². The second kappa shape index (κ2) is 6.03. The summed E-state index contributed by atoms with van der Waals surface area (Å²) in [5.74, 6) is 0. The first-order valence-corrected chi connectivity index (χ1v) is 6.63. The van der Waals surface area contributed by atoms with Crippen molar-refractivity contribution in [1.82, 2.24) is 15.1 Å². The van der Waals surface area contributed by atoms with Crippen LogP contribution >= 0.6 is 11.6 Å². The Morgan fingerprint density at radius 1 is 1.17 bits per heavy atom. The van der Waals surface area contributed by atoms with E-state index in [0.29, 0.717) is 0 Å². The predicted octanol–water partition coefficient (Wildman–Crippen LogP) is 3.57. The molecule has 2 rings (SSSR count). The minimum atomic E-state index is 0.753. The first-order valence-electron chi connectivity index (χ1n) is 6.25. The van der Waals surface area contributed by atoms with E-state index in [-0.39, 0.29) is 0 Å². The van der Waals surface area contributed by atoms with E-state index in [1.54, 1.807) is 0 Å². The van der Waals surface area contributed by atoms with Gasteiger partial charge in [-0.3, -0.25) is 10.00 Å². The molecule has 0 aliphatic rings. The maximum absolute atomic E-state index is 5.91. The fraction of sp³-hybridized carbons (Fsp3) is 0.357. The van der Waals surface area contributed by atoms with Crippen LogP contribution in [0.1, 0.15) is 19.4 Å². The predicted molar refractivity (Wildman–Crippen MR) is 75.7 cm³/mol. The molecule has 0 saturated heterocycles. The van der Waals surface area contributed by atoms with Crippen LogP contribution < -0.4 is 0 Å². The summed E-state index contributed by atoms with van der Waals surface area (Å²) in [6, 6.07) is 7.83. The molecule has 3 nitrogen and oxygen atoms in total. The third-order valence-corrected chi connectivity index (χ3v) is 3.39. The number of halogens is 1. The molecule has 96 valence electrons.